The summed E-state index contributed by atoms with van der Waals surface area (Å²) in [5, 5.41) is 2.71. The van der Waals surface area contributed by atoms with Crippen molar-refractivity contribution in [2.45, 2.75) is 98.8 Å². The average molecular weight is 418 g/mol. The largest absolute Gasteiger partial charge is 0.355 e. The first-order valence-electron chi connectivity index (χ1n) is 11.4. The molecule has 1 amide bonds. The van der Waals surface area contributed by atoms with E-state index < -0.39 is 9.84 Å². The Morgan fingerprint density at radius 2 is 1.18 bits per heavy atom. The van der Waals surface area contributed by atoms with Gasteiger partial charge in [0, 0.05) is 19.2 Å². The third-order valence-corrected chi connectivity index (χ3v) is 6.54. The van der Waals surface area contributed by atoms with Gasteiger partial charge in [0.05, 0.1) is 5.75 Å². The van der Waals surface area contributed by atoms with Crippen LogP contribution in [0.2, 0.25) is 0 Å². The number of carbonyl (C=O) groups is 1. The summed E-state index contributed by atoms with van der Waals surface area (Å²) in [7, 11) is -3.01. The molecule has 0 fully saturated rings. The predicted molar refractivity (Wildman–Crippen MR) is 121 cm³/mol. The number of hydrogen-bond donors (Lipinski definition) is 1. The van der Waals surface area contributed by atoms with Gasteiger partial charge in [0.1, 0.15) is 9.84 Å². The number of sulfone groups is 1. The number of carbonyl (C=O) groups excluding carboxylic acids is 1. The zero-order valence-electron chi connectivity index (χ0n) is 19.4. The highest BCUT2D eigenvalue weighted by atomic mass is 32.2. The van der Waals surface area contributed by atoms with Crippen molar-refractivity contribution >= 4 is 15.7 Å². The Kier molecular flexibility index (Phi) is 15.0. The van der Waals surface area contributed by atoms with E-state index in [-0.39, 0.29) is 18.2 Å². The lowest BCUT2D eigenvalue weighted by atomic mass is 9.90. The molecular weight excluding hydrogens is 370 g/mol. The van der Waals surface area contributed by atoms with Crippen LogP contribution < -0.4 is 5.32 Å². The van der Waals surface area contributed by atoms with E-state index in [9.17, 15) is 13.2 Å². The molecule has 0 aromatic carbocycles. The van der Waals surface area contributed by atoms with Crippen LogP contribution in [0.5, 0.6) is 0 Å². The van der Waals surface area contributed by atoms with E-state index >= 15 is 0 Å². The Labute approximate surface area is 175 Å². The van der Waals surface area contributed by atoms with Crippen molar-refractivity contribution in [2.24, 2.45) is 23.7 Å². The molecule has 0 aromatic heterocycles. The number of amides is 1. The van der Waals surface area contributed by atoms with Crippen molar-refractivity contribution in [1.82, 2.24) is 5.32 Å². The molecule has 0 bridgehead atoms. The van der Waals surface area contributed by atoms with Crippen LogP contribution >= 0.6 is 0 Å². The maximum Gasteiger partial charge on any atom is 0.220 e. The highest BCUT2D eigenvalue weighted by Crippen LogP contribution is 2.22. The Morgan fingerprint density at radius 3 is 1.61 bits per heavy atom. The molecule has 0 heterocycles. The molecule has 5 heteroatoms. The maximum atomic E-state index is 11.8. The topological polar surface area (TPSA) is 63.2 Å². The molecule has 0 aromatic rings. The van der Waals surface area contributed by atoms with Crippen LogP contribution in [0, 0.1) is 23.7 Å². The van der Waals surface area contributed by atoms with Gasteiger partial charge in [-0.2, -0.15) is 0 Å². The number of rotatable bonds is 17. The van der Waals surface area contributed by atoms with Crippen molar-refractivity contribution < 1.29 is 13.2 Å². The average Bonchev–Trinajstić information content (AvgIpc) is 2.53. The predicted octanol–water partition coefficient (Wildman–Crippen LogP) is 5.61. The minimum Gasteiger partial charge on any atom is -0.355 e. The fraction of sp³-hybridized carbons (Fsp3) is 0.957. The third-order valence-electron chi connectivity index (χ3n) is 5.59. The molecular formula is C23H47NO3S. The normalized spacial score (nSPS) is 15.4. The quantitative estimate of drug-likeness (QED) is 0.334. The monoisotopic (exact) mass is 417 g/mol. The fourth-order valence-corrected chi connectivity index (χ4v) is 4.13. The van der Waals surface area contributed by atoms with Crippen LogP contribution in [0.3, 0.4) is 0 Å². The fourth-order valence-electron chi connectivity index (χ4n) is 3.66. The van der Waals surface area contributed by atoms with E-state index in [0.717, 1.165) is 24.2 Å². The minimum atomic E-state index is -3.01. The van der Waals surface area contributed by atoms with Gasteiger partial charge in [-0.3, -0.25) is 4.79 Å². The lowest BCUT2D eigenvalue weighted by molar-refractivity contribution is -0.121. The molecule has 28 heavy (non-hydrogen) atoms. The summed E-state index contributed by atoms with van der Waals surface area (Å²) in [4.78, 5) is 11.8. The second kappa shape index (κ2) is 15.3. The van der Waals surface area contributed by atoms with Crippen LogP contribution in [-0.4, -0.2) is 32.9 Å². The molecule has 0 aliphatic rings. The van der Waals surface area contributed by atoms with Gasteiger partial charge in [-0.1, -0.05) is 92.4 Å². The zero-order valence-corrected chi connectivity index (χ0v) is 20.2. The molecule has 0 radical (unpaired) electrons. The van der Waals surface area contributed by atoms with Gasteiger partial charge in [-0.05, 0) is 23.7 Å². The lowest BCUT2D eigenvalue weighted by Gasteiger charge is -2.16. The second-order valence-electron chi connectivity index (χ2n) is 9.69. The van der Waals surface area contributed by atoms with Gasteiger partial charge in [-0.25, -0.2) is 8.42 Å². The summed E-state index contributed by atoms with van der Waals surface area (Å²) in [6.07, 6.45) is 13.3. The Morgan fingerprint density at radius 1 is 0.750 bits per heavy atom. The van der Waals surface area contributed by atoms with Crippen molar-refractivity contribution in [1.29, 1.82) is 0 Å². The first kappa shape index (κ1) is 27.4. The highest BCUT2D eigenvalue weighted by Gasteiger charge is 2.11. The van der Waals surface area contributed by atoms with Gasteiger partial charge >= 0.3 is 0 Å². The molecule has 0 saturated heterocycles. The summed E-state index contributed by atoms with van der Waals surface area (Å²) in [5.74, 6) is 2.78. The summed E-state index contributed by atoms with van der Waals surface area (Å²) in [6.45, 7) is 11.7. The van der Waals surface area contributed by atoms with E-state index in [4.69, 9.17) is 0 Å². The molecule has 4 nitrogen and oxygen atoms in total. The standard InChI is InChI=1S/C23H47NO3S/c1-19(2)10-7-11-20(3)12-8-13-21(4)14-9-15-22(5)18-23(25)24-16-17-28(6,26)27/h19-22H,7-18H2,1-6H3,(H,24,25)/t20-,21-,22+/m1/s1. The molecule has 3 atom stereocenters. The molecule has 1 N–H and O–H groups in total. The molecule has 0 saturated carbocycles. The Bertz CT molecular complexity index is 502. The van der Waals surface area contributed by atoms with Gasteiger partial charge in [0.25, 0.3) is 0 Å². The summed E-state index contributed by atoms with van der Waals surface area (Å²) in [6, 6.07) is 0. The van der Waals surface area contributed by atoms with Crippen LogP contribution in [-0.2, 0) is 14.6 Å². The second-order valence-corrected chi connectivity index (χ2v) is 11.9. The number of nitrogens with one attached hydrogen (secondary N) is 1. The van der Waals surface area contributed by atoms with E-state index in [0.29, 0.717) is 12.3 Å². The van der Waals surface area contributed by atoms with Crippen molar-refractivity contribution in [3.8, 4) is 0 Å². The first-order valence-corrected chi connectivity index (χ1v) is 13.5. The lowest BCUT2D eigenvalue weighted by Crippen LogP contribution is -2.29. The third kappa shape index (κ3) is 18.8. The van der Waals surface area contributed by atoms with Crippen molar-refractivity contribution in [2.75, 3.05) is 18.6 Å². The van der Waals surface area contributed by atoms with Crippen LogP contribution in [0.4, 0.5) is 0 Å². The van der Waals surface area contributed by atoms with Crippen LogP contribution in [0.15, 0.2) is 0 Å². The van der Waals surface area contributed by atoms with E-state index in [1.165, 1.54) is 57.6 Å². The van der Waals surface area contributed by atoms with Crippen molar-refractivity contribution in [3.63, 3.8) is 0 Å². The summed E-state index contributed by atoms with van der Waals surface area (Å²) >= 11 is 0. The first-order chi connectivity index (χ1) is 13.0. The molecule has 0 unspecified atom stereocenters. The molecule has 168 valence electrons. The van der Waals surface area contributed by atoms with Gasteiger partial charge in [-0.15, -0.1) is 0 Å². The van der Waals surface area contributed by atoms with Gasteiger partial charge < -0.3 is 5.32 Å². The van der Waals surface area contributed by atoms with Gasteiger partial charge in [0.2, 0.25) is 5.91 Å². The highest BCUT2D eigenvalue weighted by molar-refractivity contribution is 7.90. The summed E-state index contributed by atoms with van der Waals surface area (Å²) in [5.41, 5.74) is 0. The van der Waals surface area contributed by atoms with Crippen LogP contribution in [0.1, 0.15) is 98.8 Å². The molecule has 0 spiro atoms. The smallest absolute Gasteiger partial charge is 0.220 e. The molecule has 0 aliphatic carbocycles. The van der Waals surface area contributed by atoms with Crippen LogP contribution in [0.25, 0.3) is 0 Å². The zero-order chi connectivity index (χ0) is 21.6. The minimum absolute atomic E-state index is 0.0149. The Hall–Kier alpha value is -0.580. The SMILES string of the molecule is CC(C)CCC[C@@H](C)CCC[C@@H](C)CCC[C@H](C)CC(=O)NCCS(C)(=O)=O. The molecule has 0 aliphatic heterocycles. The number of hydrogen-bond acceptors (Lipinski definition) is 3. The summed E-state index contributed by atoms with van der Waals surface area (Å²) < 4.78 is 22.1. The van der Waals surface area contributed by atoms with Gasteiger partial charge in [0.15, 0.2) is 0 Å². The van der Waals surface area contributed by atoms with E-state index in [1.54, 1.807) is 0 Å². The van der Waals surface area contributed by atoms with E-state index in [2.05, 4.69) is 39.9 Å². The van der Waals surface area contributed by atoms with E-state index in [1.807, 2.05) is 0 Å². The van der Waals surface area contributed by atoms with Crippen molar-refractivity contribution in [3.05, 3.63) is 0 Å². The molecule has 0 rings (SSSR count). The Balaban J connectivity index is 3.70. The maximum absolute atomic E-state index is 11.8.